The molecule has 2 aliphatic rings. The molecule has 1 unspecified atom stereocenters. The Kier molecular flexibility index (Phi) is 5.91. The maximum atomic E-state index is 13.4. The van der Waals surface area contributed by atoms with E-state index in [-0.39, 0.29) is 11.5 Å². The molecule has 2 fully saturated rings. The predicted molar refractivity (Wildman–Crippen MR) is 90.2 cm³/mol. The molecule has 1 aromatic rings. The second kappa shape index (κ2) is 7.97. The van der Waals surface area contributed by atoms with Crippen molar-refractivity contribution in [1.29, 1.82) is 0 Å². The van der Waals surface area contributed by atoms with Crippen LogP contribution < -0.4 is 0 Å². The fraction of sp³-hybridized carbons (Fsp3) is 0.588. The summed E-state index contributed by atoms with van der Waals surface area (Å²) in [4.78, 5) is 16.2. The Bertz CT molecular complexity index is 606. The fourth-order valence-electron chi connectivity index (χ4n) is 3.17. The van der Waals surface area contributed by atoms with E-state index < -0.39 is 17.1 Å². The van der Waals surface area contributed by atoms with Crippen molar-refractivity contribution in [3.05, 3.63) is 35.4 Å². The third-order valence-electron chi connectivity index (χ3n) is 4.49. The summed E-state index contributed by atoms with van der Waals surface area (Å²) in [6.07, 6.45) is -4.05. The van der Waals surface area contributed by atoms with Gasteiger partial charge in [-0.2, -0.15) is 13.2 Å². The number of halogens is 3. The summed E-state index contributed by atoms with van der Waals surface area (Å²) >= 11 is 1.41. The van der Waals surface area contributed by atoms with Gasteiger partial charge in [-0.15, -0.1) is 11.8 Å². The minimum atomic E-state index is -4.42. The molecule has 0 bridgehead atoms. The van der Waals surface area contributed by atoms with Gasteiger partial charge in [-0.3, -0.25) is 9.69 Å². The highest BCUT2D eigenvalue weighted by molar-refractivity contribution is 7.99. The van der Waals surface area contributed by atoms with Gasteiger partial charge in [0.15, 0.2) is 0 Å². The van der Waals surface area contributed by atoms with Crippen molar-refractivity contribution in [3.8, 4) is 0 Å². The lowest BCUT2D eigenvalue weighted by molar-refractivity contribution is -0.140. The average molecular weight is 374 g/mol. The van der Waals surface area contributed by atoms with E-state index in [0.29, 0.717) is 38.5 Å². The van der Waals surface area contributed by atoms with E-state index in [0.717, 1.165) is 19.2 Å². The largest absolute Gasteiger partial charge is 0.416 e. The highest BCUT2D eigenvalue weighted by Crippen LogP contribution is 2.43. The molecule has 2 saturated heterocycles. The molecule has 1 aromatic carbocycles. The number of rotatable bonds is 4. The van der Waals surface area contributed by atoms with Gasteiger partial charge in [-0.1, -0.05) is 18.2 Å². The fourth-order valence-corrected chi connectivity index (χ4v) is 4.47. The number of thioether (sulfide) groups is 1. The van der Waals surface area contributed by atoms with Crippen LogP contribution in [0.1, 0.15) is 22.9 Å². The minimum absolute atomic E-state index is 0.0750. The summed E-state index contributed by atoms with van der Waals surface area (Å²) in [5, 5.41) is -0.583. The molecule has 0 saturated carbocycles. The van der Waals surface area contributed by atoms with E-state index in [2.05, 4.69) is 4.90 Å². The number of carbonyl (C=O) groups excluding carboxylic acids is 1. The number of ether oxygens (including phenoxy) is 1. The molecule has 0 aromatic heterocycles. The number of hydrogen-bond donors (Lipinski definition) is 0. The molecule has 138 valence electrons. The smallest absolute Gasteiger partial charge is 0.379 e. The first-order valence-electron chi connectivity index (χ1n) is 8.34. The van der Waals surface area contributed by atoms with E-state index in [1.807, 2.05) is 0 Å². The average Bonchev–Trinajstić information content (AvgIpc) is 2.61. The normalized spacial score (nSPS) is 23.1. The number of benzene rings is 1. The van der Waals surface area contributed by atoms with Crippen molar-refractivity contribution in [2.45, 2.75) is 18.0 Å². The Labute approximate surface area is 149 Å². The highest BCUT2D eigenvalue weighted by Gasteiger charge is 2.38. The van der Waals surface area contributed by atoms with Crippen molar-refractivity contribution in [3.63, 3.8) is 0 Å². The second-order valence-electron chi connectivity index (χ2n) is 6.10. The van der Waals surface area contributed by atoms with Crippen LogP contribution >= 0.6 is 11.8 Å². The van der Waals surface area contributed by atoms with Crippen LogP contribution in [-0.2, 0) is 15.7 Å². The Balaban J connectivity index is 1.79. The molecule has 25 heavy (non-hydrogen) atoms. The standard InChI is InChI=1S/C17H21F3N2O2S/c18-17(19,20)14-4-2-1-3-13(14)16-22(15(23)5-12-25-16)7-6-21-8-10-24-11-9-21/h1-4,16H,5-12H2. The maximum absolute atomic E-state index is 13.4. The zero-order chi connectivity index (χ0) is 17.9. The van der Waals surface area contributed by atoms with Crippen molar-refractivity contribution >= 4 is 17.7 Å². The van der Waals surface area contributed by atoms with Gasteiger partial charge in [0.25, 0.3) is 0 Å². The molecule has 4 nitrogen and oxygen atoms in total. The lowest BCUT2D eigenvalue weighted by Gasteiger charge is -2.38. The molecule has 2 aliphatic heterocycles. The molecule has 0 radical (unpaired) electrons. The van der Waals surface area contributed by atoms with Gasteiger partial charge >= 0.3 is 6.18 Å². The molecule has 1 amide bonds. The molecule has 0 N–H and O–H groups in total. The molecule has 0 aliphatic carbocycles. The minimum Gasteiger partial charge on any atom is -0.379 e. The Morgan fingerprint density at radius 2 is 1.88 bits per heavy atom. The molecular weight excluding hydrogens is 353 g/mol. The quantitative estimate of drug-likeness (QED) is 0.811. The van der Waals surface area contributed by atoms with Crippen molar-refractivity contribution in [1.82, 2.24) is 9.80 Å². The van der Waals surface area contributed by atoms with E-state index in [1.54, 1.807) is 11.0 Å². The monoisotopic (exact) mass is 374 g/mol. The van der Waals surface area contributed by atoms with Crippen LogP contribution in [0.4, 0.5) is 13.2 Å². The van der Waals surface area contributed by atoms with E-state index in [9.17, 15) is 18.0 Å². The molecule has 8 heteroatoms. The third kappa shape index (κ3) is 4.48. The highest BCUT2D eigenvalue weighted by atomic mass is 32.2. The zero-order valence-electron chi connectivity index (χ0n) is 13.8. The predicted octanol–water partition coefficient (Wildman–Crippen LogP) is 3.00. The van der Waals surface area contributed by atoms with Gasteiger partial charge in [0.2, 0.25) is 5.91 Å². The number of nitrogens with zero attached hydrogens (tertiary/aromatic N) is 2. The summed E-state index contributed by atoms with van der Waals surface area (Å²) in [6.45, 7) is 3.98. The van der Waals surface area contributed by atoms with Gasteiger partial charge in [-0.25, -0.2) is 0 Å². The Morgan fingerprint density at radius 3 is 2.60 bits per heavy atom. The first kappa shape index (κ1) is 18.5. The first-order chi connectivity index (χ1) is 12.0. The summed E-state index contributed by atoms with van der Waals surface area (Å²) in [6, 6.07) is 5.57. The number of hydrogen-bond acceptors (Lipinski definition) is 4. The number of carbonyl (C=O) groups is 1. The van der Waals surface area contributed by atoms with Crippen LogP contribution in [0.15, 0.2) is 24.3 Å². The van der Waals surface area contributed by atoms with Crippen molar-refractivity contribution < 1.29 is 22.7 Å². The molecule has 2 heterocycles. The molecular formula is C17H21F3N2O2S. The summed E-state index contributed by atoms with van der Waals surface area (Å²) in [5.74, 6) is 0.470. The summed E-state index contributed by atoms with van der Waals surface area (Å²) in [7, 11) is 0. The van der Waals surface area contributed by atoms with Crippen LogP contribution in [0.2, 0.25) is 0 Å². The number of morpholine rings is 1. The van der Waals surface area contributed by atoms with E-state index >= 15 is 0 Å². The van der Waals surface area contributed by atoms with Gasteiger partial charge in [0.05, 0.1) is 18.8 Å². The van der Waals surface area contributed by atoms with Crippen LogP contribution in [0.3, 0.4) is 0 Å². The van der Waals surface area contributed by atoms with E-state index in [1.165, 1.54) is 23.9 Å². The lowest BCUT2D eigenvalue weighted by Crippen LogP contribution is -2.45. The first-order valence-corrected chi connectivity index (χ1v) is 9.39. The number of amides is 1. The topological polar surface area (TPSA) is 32.8 Å². The third-order valence-corrected chi connectivity index (χ3v) is 5.75. The van der Waals surface area contributed by atoms with Crippen LogP contribution in [0, 0.1) is 0 Å². The maximum Gasteiger partial charge on any atom is 0.416 e. The van der Waals surface area contributed by atoms with Gasteiger partial charge in [-0.05, 0) is 11.6 Å². The zero-order valence-corrected chi connectivity index (χ0v) is 14.6. The molecule has 1 atom stereocenters. The molecule has 3 rings (SSSR count). The van der Waals surface area contributed by atoms with Crippen molar-refractivity contribution in [2.75, 3.05) is 45.1 Å². The summed E-state index contributed by atoms with van der Waals surface area (Å²) < 4.78 is 45.4. The Morgan fingerprint density at radius 1 is 1.16 bits per heavy atom. The molecule has 0 spiro atoms. The van der Waals surface area contributed by atoms with E-state index in [4.69, 9.17) is 4.74 Å². The Hall–Kier alpha value is -1.25. The van der Waals surface area contributed by atoms with Gasteiger partial charge in [0, 0.05) is 38.4 Å². The SMILES string of the molecule is O=C1CCSC(c2ccccc2C(F)(F)F)N1CCN1CCOCC1. The van der Waals surface area contributed by atoms with Crippen LogP contribution in [0.5, 0.6) is 0 Å². The number of alkyl halides is 3. The lowest BCUT2D eigenvalue weighted by atomic mass is 10.1. The van der Waals surface area contributed by atoms with Gasteiger partial charge < -0.3 is 9.64 Å². The van der Waals surface area contributed by atoms with Crippen LogP contribution in [-0.4, -0.2) is 60.9 Å². The van der Waals surface area contributed by atoms with Crippen molar-refractivity contribution in [2.24, 2.45) is 0 Å². The second-order valence-corrected chi connectivity index (χ2v) is 7.29. The summed E-state index contributed by atoms with van der Waals surface area (Å²) in [5.41, 5.74) is -0.478. The van der Waals surface area contributed by atoms with Gasteiger partial charge in [0.1, 0.15) is 5.37 Å². The van der Waals surface area contributed by atoms with Crippen LogP contribution in [0.25, 0.3) is 0 Å².